The van der Waals surface area contributed by atoms with Crippen LogP contribution in [0.4, 0.5) is 5.82 Å². The molecule has 0 aliphatic carbocycles. The number of thioether (sulfide) groups is 1. The maximum absolute atomic E-state index is 12.0. The van der Waals surface area contributed by atoms with Gasteiger partial charge in [-0.25, -0.2) is 4.98 Å². The van der Waals surface area contributed by atoms with Gasteiger partial charge in [0.15, 0.2) is 0 Å². The number of hydrogen-bond donors (Lipinski definition) is 1. The molecule has 1 aliphatic rings. The third kappa shape index (κ3) is 7.12. The molecule has 0 saturated carbocycles. The third-order valence-corrected chi connectivity index (χ3v) is 6.81. The third-order valence-electron chi connectivity index (χ3n) is 5.27. The highest BCUT2D eigenvalue weighted by molar-refractivity contribution is 7.99. The van der Waals surface area contributed by atoms with Crippen molar-refractivity contribution in [2.24, 2.45) is 11.8 Å². The average Bonchev–Trinajstić information content (AvgIpc) is 3.18. The highest BCUT2D eigenvalue weighted by atomic mass is 35.5. The smallest absolute Gasteiger partial charge is 0.306 e. The lowest BCUT2D eigenvalue weighted by molar-refractivity contribution is -0.144. The molecule has 1 aliphatic heterocycles. The van der Waals surface area contributed by atoms with Gasteiger partial charge in [0.25, 0.3) is 0 Å². The number of nitrogens with zero attached hydrogens (tertiary/aromatic N) is 2. The van der Waals surface area contributed by atoms with Gasteiger partial charge in [0.1, 0.15) is 5.82 Å². The number of unbranched alkanes of at least 4 members (excludes halogenated alkanes) is 1. The minimum absolute atomic E-state index is 0.141. The first kappa shape index (κ1) is 23.3. The first-order valence-corrected chi connectivity index (χ1v) is 11.7. The van der Waals surface area contributed by atoms with Crippen LogP contribution in [0, 0.1) is 11.8 Å². The van der Waals surface area contributed by atoms with Gasteiger partial charge in [-0.05, 0) is 24.8 Å². The number of carbonyl (C=O) groups is 1. The fourth-order valence-corrected chi connectivity index (χ4v) is 4.61. The molecular formula is C21H33ClN2O3S. The predicted octanol–water partition coefficient (Wildman–Crippen LogP) is 4.80. The monoisotopic (exact) mass is 428 g/mol. The molecule has 0 bridgehead atoms. The number of hydrogen-bond acceptors (Lipinski definition) is 6. The molecule has 1 fully saturated rings. The number of pyridine rings is 1. The number of halogens is 1. The molecule has 158 valence electrons. The number of aliphatic hydroxyl groups excluding tert-OH is 1. The van der Waals surface area contributed by atoms with Crippen LogP contribution in [-0.2, 0) is 9.53 Å². The van der Waals surface area contributed by atoms with Crippen molar-refractivity contribution in [2.75, 3.05) is 37.0 Å². The number of aromatic nitrogens is 1. The van der Waals surface area contributed by atoms with Crippen LogP contribution in [0.25, 0.3) is 0 Å². The lowest BCUT2D eigenvalue weighted by Gasteiger charge is -2.19. The van der Waals surface area contributed by atoms with E-state index in [2.05, 4.69) is 23.7 Å². The normalized spacial score (nSPS) is 17.7. The highest BCUT2D eigenvalue weighted by Gasteiger charge is 2.25. The molecule has 1 aromatic rings. The molecule has 5 nitrogen and oxygen atoms in total. The Hall–Kier alpha value is -0.980. The SMILES string of the molecule is CCCCC(CC)COC(=O)CCSc1ccnc(N2CC[C@H](CO)C2)c1Cl. The zero-order valence-corrected chi connectivity index (χ0v) is 18.6. The standard InChI is InChI=1S/C21H33ClN2O3S/c1-3-5-6-16(4-2)15-27-19(26)9-12-28-18-7-10-23-21(20(18)22)24-11-8-17(13-24)14-25/h7,10,16-17,25H,3-6,8-9,11-15H2,1-2H3/t16?,17-/m0/s1. The first-order valence-electron chi connectivity index (χ1n) is 10.4. The van der Waals surface area contributed by atoms with Gasteiger partial charge in [-0.3, -0.25) is 4.79 Å². The second-order valence-corrected chi connectivity index (χ2v) is 8.94. The summed E-state index contributed by atoms with van der Waals surface area (Å²) >= 11 is 8.12. The molecule has 1 unspecified atom stereocenters. The lowest BCUT2D eigenvalue weighted by Crippen LogP contribution is -2.22. The fraction of sp³-hybridized carbons (Fsp3) is 0.714. The maximum atomic E-state index is 12.0. The van der Waals surface area contributed by atoms with Gasteiger partial charge >= 0.3 is 5.97 Å². The molecule has 0 radical (unpaired) electrons. The van der Waals surface area contributed by atoms with E-state index in [1.807, 2.05) is 6.07 Å². The number of carbonyl (C=O) groups excluding carboxylic acids is 1. The van der Waals surface area contributed by atoms with Gasteiger partial charge in [-0.2, -0.15) is 0 Å². The van der Waals surface area contributed by atoms with Crippen LogP contribution in [0.5, 0.6) is 0 Å². The highest BCUT2D eigenvalue weighted by Crippen LogP contribution is 2.35. The van der Waals surface area contributed by atoms with Gasteiger partial charge in [0, 0.05) is 42.5 Å². The number of anilines is 1. The van der Waals surface area contributed by atoms with E-state index in [9.17, 15) is 9.90 Å². The summed E-state index contributed by atoms with van der Waals surface area (Å²) < 4.78 is 5.46. The van der Waals surface area contributed by atoms with Crippen LogP contribution >= 0.6 is 23.4 Å². The van der Waals surface area contributed by atoms with Crippen molar-refractivity contribution in [1.29, 1.82) is 0 Å². The van der Waals surface area contributed by atoms with E-state index < -0.39 is 0 Å². The van der Waals surface area contributed by atoms with Gasteiger partial charge in [-0.1, -0.05) is 44.7 Å². The molecule has 2 atom stereocenters. The largest absolute Gasteiger partial charge is 0.465 e. The summed E-state index contributed by atoms with van der Waals surface area (Å²) in [5, 5.41) is 9.96. The fourth-order valence-electron chi connectivity index (χ4n) is 3.35. The minimum Gasteiger partial charge on any atom is -0.465 e. The van der Waals surface area contributed by atoms with Gasteiger partial charge in [0.05, 0.1) is 18.1 Å². The topological polar surface area (TPSA) is 62.7 Å². The molecule has 0 spiro atoms. The van der Waals surface area contributed by atoms with Crippen LogP contribution < -0.4 is 4.90 Å². The molecule has 1 N–H and O–H groups in total. The Morgan fingerprint density at radius 1 is 1.50 bits per heavy atom. The summed E-state index contributed by atoms with van der Waals surface area (Å²) in [5.41, 5.74) is 0. The lowest BCUT2D eigenvalue weighted by atomic mass is 10.0. The molecule has 1 aromatic heterocycles. The molecule has 2 rings (SSSR count). The van der Waals surface area contributed by atoms with E-state index in [1.54, 1.807) is 18.0 Å². The Balaban J connectivity index is 1.78. The van der Waals surface area contributed by atoms with Crippen molar-refractivity contribution >= 4 is 35.1 Å². The van der Waals surface area contributed by atoms with E-state index in [-0.39, 0.29) is 18.5 Å². The maximum Gasteiger partial charge on any atom is 0.306 e. The molecule has 28 heavy (non-hydrogen) atoms. The van der Waals surface area contributed by atoms with Crippen molar-refractivity contribution < 1.29 is 14.6 Å². The van der Waals surface area contributed by atoms with E-state index in [0.29, 0.717) is 29.7 Å². The van der Waals surface area contributed by atoms with E-state index in [4.69, 9.17) is 16.3 Å². The minimum atomic E-state index is -0.141. The Kier molecular flexibility index (Phi) is 10.4. The van der Waals surface area contributed by atoms with Crippen LogP contribution in [0.2, 0.25) is 5.02 Å². The average molecular weight is 429 g/mol. The van der Waals surface area contributed by atoms with Crippen LogP contribution in [-0.4, -0.2) is 48.1 Å². The Morgan fingerprint density at radius 3 is 3.00 bits per heavy atom. The number of rotatable bonds is 12. The van der Waals surface area contributed by atoms with Gasteiger partial charge in [-0.15, -0.1) is 11.8 Å². The van der Waals surface area contributed by atoms with Crippen molar-refractivity contribution in [1.82, 2.24) is 4.98 Å². The second-order valence-electron chi connectivity index (χ2n) is 7.43. The Labute approximate surface area is 178 Å². The summed E-state index contributed by atoms with van der Waals surface area (Å²) in [7, 11) is 0. The molecular weight excluding hydrogens is 396 g/mol. The summed E-state index contributed by atoms with van der Waals surface area (Å²) in [6.07, 6.45) is 7.61. The molecule has 0 amide bonds. The predicted molar refractivity (Wildman–Crippen MR) is 116 cm³/mol. The van der Waals surface area contributed by atoms with Crippen LogP contribution in [0.1, 0.15) is 52.4 Å². The summed E-state index contributed by atoms with van der Waals surface area (Å²) in [5.74, 6) is 2.02. The number of ether oxygens (including phenoxy) is 1. The van der Waals surface area contributed by atoms with Crippen LogP contribution in [0.3, 0.4) is 0 Å². The molecule has 2 heterocycles. The summed E-state index contributed by atoms with van der Waals surface area (Å²) in [4.78, 5) is 19.5. The van der Waals surface area contributed by atoms with Crippen LogP contribution in [0.15, 0.2) is 17.2 Å². The van der Waals surface area contributed by atoms with Crippen molar-refractivity contribution in [3.05, 3.63) is 17.3 Å². The second kappa shape index (κ2) is 12.6. The molecule has 1 saturated heterocycles. The number of aliphatic hydroxyl groups is 1. The van der Waals surface area contributed by atoms with Gasteiger partial charge in [0.2, 0.25) is 0 Å². The van der Waals surface area contributed by atoms with E-state index in [0.717, 1.165) is 43.1 Å². The number of esters is 1. The Morgan fingerprint density at radius 2 is 2.32 bits per heavy atom. The van der Waals surface area contributed by atoms with E-state index >= 15 is 0 Å². The summed E-state index contributed by atoms with van der Waals surface area (Å²) in [6.45, 7) is 6.69. The summed E-state index contributed by atoms with van der Waals surface area (Å²) in [6, 6.07) is 1.89. The zero-order valence-electron chi connectivity index (χ0n) is 17.0. The first-order chi connectivity index (χ1) is 13.6. The molecule has 0 aromatic carbocycles. The van der Waals surface area contributed by atoms with Crippen molar-refractivity contribution in [3.8, 4) is 0 Å². The van der Waals surface area contributed by atoms with Crippen molar-refractivity contribution in [3.63, 3.8) is 0 Å². The van der Waals surface area contributed by atoms with Gasteiger partial charge < -0.3 is 14.7 Å². The van der Waals surface area contributed by atoms with E-state index in [1.165, 1.54) is 12.8 Å². The molecule has 7 heteroatoms. The van der Waals surface area contributed by atoms with Crippen molar-refractivity contribution in [2.45, 2.75) is 57.3 Å². The quantitative estimate of drug-likeness (QED) is 0.381. The Bertz CT molecular complexity index is 617. The zero-order chi connectivity index (χ0) is 20.4.